The van der Waals surface area contributed by atoms with Gasteiger partial charge in [0.25, 0.3) is 0 Å². The van der Waals surface area contributed by atoms with E-state index in [0.29, 0.717) is 4.88 Å². The largest absolute Gasteiger partial charge is 0.399 e. The molecule has 1 aromatic carbocycles. The van der Waals surface area contributed by atoms with Gasteiger partial charge in [-0.3, -0.25) is 0 Å². The number of nitrogens with two attached hydrogens (primary N) is 1. The van der Waals surface area contributed by atoms with Crippen LogP contribution in [0.2, 0.25) is 0 Å². The second kappa shape index (κ2) is 3.71. The summed E-state index contributed by atoms with van der Waals surface area (Å²) in [4.78, 5) is 5.00. The van der Waals surface area contributed by atoms with Crippen molar-refractivity contribution in [2.45, 2.75) is 6.92 Å². The van der Waals surface area contributed by atoms with E-state index < -0.39 is 0 Å². The Hall–Kier alpha value is -1.86. The van der Waals surface area contributed by atoms with Crippen LogP contribution in [0.5, 0.6) is 0 Å². The summed E-state index contributed by atoms with van der Waals surface area (Å²) in [5.41, 5.74) is 8.11. The van der Waals surface area contributed by atoms with Gasteiger partial charge in [0.2, 0.25) is 0 Å². The minimum atomic E-state index is 0.668. The summed E-state index contributed by atoms with van der Waals surface area (Å²) in [6.45, 7) is 1.84. The van der Waals surface area contributed by atoms with Crippen LogP contribution in [-0.4, -0.2) is 4.98 Å². The minimum Gasteiger partial charge on any atom is -0.399 e. The van der Waals surface area contributed by atoms with Crippen molar-refractivity contribution in [3.63, 3.8) is 0 Å². The third kappa shape index (κ3) is 1.83. The van der Waals surface area contributed by atoms with Crippen molar-refractivity contribution in [2.24, 2.45) is 0 Å². The second-order valence-electron chi connectivity index (χ2n) is 3.17. The predicted octanol–water partition coefficient (Wildman–Crippen LogP) is 2.57. The summed E-state index contributed by atoms with van der Waals surface area (Å²) in [6.07, 6.45) is 0. The molecule has 0 spiro atoms. The molecule has 0 saturated heterocycles. The Morgan fingerprint density at radius 1 is 1.33 bits per heavy atom. The molecule has 2 aromatic rings. The minimum absolute atomic E-state index is 0.668. The highest BCUT2D eigenvalue weighted by Crippen LogP contribution is 2.27. The summed E-state index contributed by atoms with van der Waals surface area (Å²) in [5, 5.41) is 9.69. The van der Waals surface area contributed by atoms with E-state index in [1.807, 2.05) is 31.2 Å². The maximum atomic E-state index is 8.82. The molecule has 2 rings (SSSR count). The Morgan fingerprint density at radius 3 is 2.53 bits per heavy atom. The lowest BCUT2D eigenvalue weighted by atomic mass is 10.2. The Morgan fingerprint density at radius 2 is 2.00 bits per heavy atom. The molecule has 0 unspecified atom stereocenters. The van der Waals surface area contributed by atoms with Gasteiger partial charge in [0.05, 0.1) is 5.69 Å². The quantitative estimate of drug-likeness (QED) is 0.743. The number of nitriles is 1. The zero-order valence-electron chi connectivity index (χ0n) is 8.19. The van der Waals surface area contributed by atoms with E-state index in [9.17, 15) is 0 Å². The number of hydrogen-bond donors (Lipinski definition) is 1. The van der Waals surface area contributed by atoms with Crippen LogP contribution in [0.3, 0.4) is 0 Å². The number of aryl methyl sites for hydroxylation is 1. The van der Waals surface area contributed by atoms with Crippen LogP contribution in [0, 0.1) is 18.3 Å². The topological polar surface area (TPSA) is 62.7 Å². The van der Waals surface area contributed by atoms with Crippen molar-refractivity contribution in [1.29, 1.82) is 5.26 Å². The maximum absolute atomic E-state index is 8.82. The van der Waals surface area contributed by atoms with Gasteiger partial charge >= 0.3 is 0 Å². The third-order valence-corrected chi connectivity index (χ3v) is 3.17. The van der Waals surface area contributed by atoms with Crippen LogP contribution in [0.1, 0.15) is 10.6 Å². The number of thiazole rings is 1. The molecule has 74 valence electrons. The molecule has 0 aliphatic rings. The predicted molar refractivity (Wildman–Crippen MR) is 61.4 cm³/mol. The lowest BCUT2D eigenvalue weighted by molar-refractivity contribution is 1.25. The lowest BCUT2D eigenvalue weighted by Gasteiger charge is -1.95. The first-order valence-corrected chi connectivity index (χ1v) is 5.26. The van der Waals surface area contributed by atoms with E-state index in [-0.39, 0.29) is 0 Å². The Balaban J connectivity index is 2.46. The summed E-state index contributed by atoms with van der Waals surface area (Å²) < 4.78 is 0. The van der Waals surface area contributed by atoms with E-state index in [4.69, 9.17) is 11.0 Å². The third-order valence-electron chi connectivity index (χ3n) is 2.06. The first-order valence-electron chi connectivity index (χ1n) is 4.44. The molecule has 0 aliphatic heterocycles. The molecule has 0 atom stereocenters. The molecule has 0 radical (unpaired) electrons. The molecule has 3 nitrogen and oxygen atoms in total. The van der Waals surface area contributed by atoms with Crippen LogP contribution >= 0.6 is 11.3 Å². The standard InChI is InChI=1S/C11H9N3S/c1-7-10(6-12)15-11(14-7)8-2-4-9(13)5-3-8/h2-5H,13H2,1H3. The maximum Gasteiger partial charge on any atom is 0.128 e. The number of benzene rings is 1. The van der Waals surface area contributed by atoms with Gasteiger partial charge in [-0.2, -0.15) is 5.26 Å². The molecule has 0 fully saturated rings. The van der Waals surface area contributed by atoms with E-state index in [0.717, 1.165) is 22.0 Å². The number of hydrogen-bond acceptors (Lipinski definition) is 4. The average molecular weight is 215 g/mol. The Kier molecular flexibility index (Phi) is 2.40. The van der Waals surface area contributed by atoms with E-state index in [1.54, 1.807) is 0 Å². The highest BCUT2D eigenvalue weighted by Gasteiger charge is 2.08. The summed E-state index contributed by atoms with van der Waals surface area (Å²) in [6, 6.07) is 9.61. The molecular formula is C11H9N3S. The first-order chi connectivity index (χ1) is 7.20. The van der Waals surface area contributed by atoms with E-state index >= 15 is 0 Å². The zero-order valence-corrected chi connectivity index (χ0v) is 9.01. The average Bonchev–Trinajstić information content (AvgIpc) is 2.61. The fourth-order valence-electron chi connectivity index (χ4n) is 1.25. The molecule has 1 heterocycles. The smallest absolute Gasteiger partial charge is 0.128 e. The van der Waals surface area contributed by atoms with Crippen molar-refractivity contribution in [3.8, 4) is 16.6 Å². The fourth-order valence-corrected chi connectivity index (χ4v) is 2.12. The van der Waals surface area contributed by atoms with Crippen molar-refractivity contribution in [1.82, 2.24) is 4.98 Å². The van der Waals surface area contributed by atoms with E-state index in [2.05, 4.69) is 11.1 Å². The molecule has 0 amide bonds. The first kappa shape index (κ1) is 9.69. The monoisotopic (exact) mass is 215 g/mol. The molecule has 0 bridgehead atoms. The van der Waals surface area contributed by atoms with Gasteiger partial charge in [0.1, 0.15) is 16.0 Å². The van der Waals surface area contributed by atoms with Crippen LogP contribution in [-0.2, 0) is 0 Å². The molecule has 15 heavy (non-hydrogen) atoms. The fraction of sp³-hybridized carbons (Fsp3) is 0.0909. The van der Waals surface area contributed by atoms with Crippen LogP contribution in [0.4, 0.5) is 5.69 Å². The molecule has 0 aliphatic carbocycles. The molecule has 1 aromatic heterocycles. The number of nitrogen functional groups attached to an aromatic ring is 1. The zero-order chi connectivity index (χ0) is 10.8. The number of anilines is 1. The van der Waals surface area contributed by atoms with Crippen molar-refractivity contribution in [2.75, 3.05) is 5.73 Å². The summed E-state index contributed by atoms with van der Waals surface area (Å²) in [7, 11) is 0. The van der Waals surface area contributed by atoms with Gasteiger partial charge in [-0.05, 0) is 31.2 Å². The molecule has 4 heteroatoms. The van der Waals surface area contributed by atoms with Crippen LogP contribution in [0.15, 0.2) is 24.3 Å². The number of nitrogens with zero attached hydrogens (tertiary/aromatic N) is 2. The van der Waals surface area contributed by atoms with Gasteiger partial charge in [0, 0.05) is 11.3 Å². The molecular weight excluding hydrogens is 206 g/mol. The molecule has 0 saturated carbocycles. The Bertz CT molecular complexity index is 520. The highest BCUT2D eigenvalue weighted by atomic mass is 32.1. The SMILES string of the molecule is Cc1nc(-c2ccc(N)cc2)sc1C#N. The summed E-state index contributed by atoms with van der Waals surface area (Å²) >= 11 is 1.41. The van der Waals surface area contributed by atoms with Crippen LogP contribution in [0.25, 0.3) is 10.6 Å². The normalized spacial score (nSPS) is 9.87. The molecule has 2 N–H and O–H groups in total. The van der Waals surface area contributed by atoms with Gasteiger partial charge in [0.15, 0.2) is 0 Å². The van der Waals surface area contributed by atoms with E-state index in [1.165, 1.54) is 11.3 Å². The van der Waals surface area contributed by atoms with Gasteiger partial charge in [-0.25, -0.2) is 4.98 Å². The highest BCUT2D eigenvalue weighted by molar-refractivity contribution is 7.15. The second-order valence-corrected chi connectivity index (χ2v) is 4.17. The Labute approximate surface area is 91.8 Å². The van der Waals surface area contributed by atoms with Gasteiger partial charge in [-0.1, -0.05) is 0 Å². The van der Waals surface area contributed by atoms with Crippen molar-refractivity contribution >= 4 is 17.0 Å². The van der Waals surface area contributed by atoms with Crippen molar-refractivity contribution < 1.29 is 0 Å². The van der Waals surface area contributed by atoms with Gasteiger partial charge < -0.3 is 5.73 Å². The summed E-state index contributed by atoms with van der Waals surface area (Å²) in [5.74, 6) is 0. The number of aromatic nitrogens is 1. The number of rotatable bonds is 1. The van der Waals surface area contributed by atoms with Gasteiger partial charge in [-0.15, -0.1) is 11.3 Å². The van der Waals surface area contributed by atoms with Crippen molar-refractivity contribution in [3.05, 3.63) is 34.8 Å². The lowest BCUT2D eigenvalue weighted by Crippen LogP contribution is -1.83. The van der Waals surface area contributed by atoms with Crippen LogP contribution < -0.4 is 5.73 Å².